The molecule has 0 aromatic rings. The first-order chi connectivity index (χ1) is 8.02. The maximum Gasteiger partial charge on any atom is 0.303 e. The maximum atomic E-state index is 10.3. The highest BCUT2D eigenvalue weighted by atomic mass is 16.4. The van der Waals surface area contributed by atoms with Crippen LogP contribution in [0.3, 0.4) is 0 Å². The molecule has 4 heteroatoms. The molecule has 1 aliphatic rings. The summed E-state index contributed by atoms with van der Waals surface area (Å²) in [5.74, 6) is -0.118. The molecule has 1 aliphatic carbocycles. The Balaban J connectivity index is 2.07. The summed E-state index contributed by atoms with van der Waals surface area (Å²) in [6.07, 6.45) is 5.91. The van der Waals surface area contributed by atoms with Crippen molar-refractivity contribution in [3.63, 3.8) is 0 Å². The Kier molecular flexibility index (Phi) is 5.92. The number of nitrogens with one attached hydrogen (secondary N) is 1. The molecular weight excluding hydrogens is 218 g/mol. The Morgan fingerprint density at radius 2 is 2.24 bits per heavy atom. The number of hydrogen-bond acceptors (Lipinski definition) is 3. The minimum absolute atomic E-state index is 0.239. The molecule has 1 fully saturated rings. The Bertz CT molecular complexity index is 245. The van der Waals surface area contributed by atoms with Crippen LogP contribution in [0.5, 0.6) is 0 Å². The van der Waals surface area contributed by atoms with Gasteiger partial charge in [0, 0.05) is 13.0 Å². The number of carboxylic acids is 1. The lowest BCUT2D eigenvalue weighted by Crippen LogP contribution is -2.44. The molecule has 1 saturated carbocycles. The minimum Gasteiger partial charge on any atom is -0.481 e. The van der Waals surface area contributed by atoms with E-state index in [4.69, 9.17) is 5.11 Å². The van der Waals surface area contributed by atoms with E-state index in [-0.39, 0.29) is 6.42 Å². The van der Waals surface area contributed by atoms with Gasteiger partial charge in [0.1, 0.15) is 0 Å². The Morgan fingerprint density at radius 3 is 2.88 bits per heavy atom. The van der Waals surface area contributed by atoms with Gasteiger partial charge in [-0.1, -0.05) is 19.8 Å². The van der Waals surface area contributed by atoms with Crippen LogP contribution in [-0.4, -0.2) is 34.9 Å². The molecule has 0 heterocycles. The molecule has 0 aromatic heterocycles. The van der Waals surface area contributed by atoms with Crippen molar-refractivity contribution in [2.45, 2.75) is 57.5 Å². The number of aliphatic carboxylic acids is 1. The number of unbranched alkanes of at least 4 members (excludes halogenated alkanes) is 1. The fraction of sp³-hybridized carbons (Fsp3) is 0.923. The van der Waals surface area contributed by atoms with Crippen molar-refractivity contribution in [1.82, 2.24) is 5.32 Å². The van der Waals surface area contributed by atoms with Crippen molar-refractivity contribution in [1.29, 1.82) is 0 Å². The second-order valence-electron chi connectivity index (χ2n) is 5.45. The van der Waals surface area contributed by atoms with Crippen LogP contribution in [0.2, 0.25) is 0 Å². The van der Waals surface area contributed by atoms with Crippen molar-refractivity contribution in [3.05, 3.63) is 0 Å². The predicted octanol–water partition coefficient (Wildman–Crippen LogP) is 1.77. The van der Waals surface area contributed by atoms with Gasteiger partial charge in [0.15, 0.2) is 0 Å². The molecule has 17 heavy (non-hydrogen) atoms. The fourth-order valence-corrected chi connectivity index (χ4v) is 2.64. The first-order valence-electron chi connectivity index (χ1n) is 6.67. The van der Waals surface area contributed by atoms with Crippen LogP contribution < -0.4 is 5.32 Å². The highest BCUT2D eigenvalue weighted by Crippen LogP contribution is 2.31. The largest absolute Gasteiger partial charge is 0.481 e. The molecule has 0 saturated heterocycles. The summed E-state index contributed by atoms with van der Waals surface area (Å²) in [6.45, 7) is 3.63. The van der Waals surface area contributed by atoms with Crippen molar-refractivity contribution < 1.29 is 15.0 Å². The quantitative estimate of drug-likeness (QED) is 0.596. The van der Waals surface area contributed by atoms with E-state index in [2.05, 4.69) is 12.2 Å². The number of carbonyl (C=O) groups is 1. The first-order valence-corrected chi connectivity index (χ1v) is 6.67. The molecule has 0 spiro atoms. The molecule has 0 aromatic carbocycles. The number of hydrogen-bond donors (Lipinski definition) is 3. The third-order valence-electron chi connectivity index (χ3n) is 3.52. The Labute approximate surface area is 103 Å². The van der Waals surface area contributed by atoms with E-state index >= 15 is 0 Å². The molecule has 0 amide bonds. The van der Waals surface area contributed by atoms with Crippen molar-refractivity contribution in [2.75, 3.05) is 13.1 Å². The van der Waals surface area contributed by atoms with Crippen LogP contribution in [0.4, 0.5) is 0 Å². The van der Waals surface area contributed by atoms with E-state index in [9.17, 15) is 9.90 Å². The topological polar surface area (TPSA) is 69.6 Å². The lowest BCUT2D eigenvalue weighted by molar-refractivity contribution is -0.137. The summed E-state index contributed by atoms with van der Waals surface area (Å²) in [7, 11) is 0. The van der Waals surface area contributed by atoms with E-state index in [0.29, 0.717) is 18.9 Å². The van der Waals surface area contributed by atoms with E-state index in [1.807, 2.05) is 0 Å². The molecule has 100 valence electrons. The zero-order valence-corrected chi connectivity index (χ0v) is 10.7. The average Bonchev–Trinajstić information content (AvgIpc) is 2.22. The van der Waals surface area contributed by atoms with Gasteiger partial charge in [0.2, 0.25) is 0 Å². The van der Waals surface area contributed by atoms with Gasteiger partial charge in [0.05, 0.1) is 5.60 Å². The second kappa shape index (κ2) is 6.97. The van der Waals surface area contributed by atoms with Crippen LogP contribution in [0.15, 0.2) is 0 Å². The smallest absolute Gasteiger partial charge is 0.303 e. The third-order valence-corrected chi connectivity index (χ3v) is 3.52. The third kappa shape index (κ3) is 6.03. The number of aliphatic hydroxyl groups is 1. The van der Waals surface area contributed by atoms with E-state index in [0.717, 1.165) is 32.2 Å². The van der Waals surface area contributed by atoms with Crippen LogP contribution >= 0.6 is 0 Å². The molecule has 0 aliphatic heterocycles. The average molecular weight is 243 g/mol. The first kappa shape index (κ1) is 14.5. The summed E-state index contributed by atoms with van der Waals surface area (Å²) >= 11 is 0. The highest BCUT2D eigenvalue weighted by molar-refractivity contribution is 5.66. The zero-order valence-electron chi connectivity index (χ0n) is 10.7. The van der Waals surface area contributed by atoms with Crippen LogP contribution in [0.25, 0.3) is 0 Å². The van der Waals surface area contributed by atoms with Gasteiger partial charge in [-0.3, -0.25) is 4.79 Å². The lowest BCUT2D eigenvalue weighted by atomic mass is 9.79. The molecular formula is C13H25NO3. The standard InChI is InChI=1S/C13H25NO3/c1-11-5-4-7-13(17,9-11)10-14-8-3-2-6-12(15)16/h11,14,17H,2-10H2,1H3,(H,15,16). The Hall–Kier alpha value is -0.610. The second-order valence-corrected chi connectivity index (χ2v) is 5.45. The molecule has 4 nitrogen and oxygen atoms in total. The van der Waals surface area contributed by atoms with Gasteiger partial charge >= 0.3 is 5.97 Å². The Morgan fingerprint density at radius 1 is 1.47 bits per heavy atom. The fourth-order valence-electron chi connectivity index (χ4n) is 2.64. The van der Waals surface area contributed by atoms with Crippen LogP contribution in [-0.2, 0) is 4.79 Å². The molecule has 0 bridgehead atoms. The molecule has 2 unspecified atom stereocenters. The summed E-state index contributed by atoms with van der Waals surface area (Å²) in [5, 5.41) is 22.1. The predicted molar refractivity (Wildman–Crippen MR) is 66.9 cm³/mol. The van der Waals surface area contributed by atoms with E-state index in [1.54, 1.807) is 0 Å². The SMILES string of the molecule is CC1CCCC(O)(CNCCCCC(=O)O)C1. The number of carboxylic acid groups (broad SMARTS) is 1. The summed E-state index contributed by atoms with van der Waals surface area (Å²) in [5.41, 5.74) is -0.537. The molecule has 2 atom stereocenters. The van der Waals surface area contributed by atoms with Gasteiger partial charge in [0.25, 0.3) is 0 Å². The summed E-state index contributed by atoms with van der Waals surface area (Å²) < 4.78 is 0. The highest BCUT2D eigenvalue weighted by Gasteiger charge is 2.31. The monoisotopic (exact) mass is 243 g/mol. The number of rotatable bonds is 7. The normalized spacial score (nSPS) is 29.2. The van der Waals surface area contributed by atoms with Gasteiger partial charge in [-0.15, -0.1) is 0 Å². The van der Waals surface area contributed by atoms with Crippen LogP contribution in [0, 0.1) is 5.92 Å². The summed E-state index contributed by atoms with van der Waals surface area (Å²) in [4.78, 5) is 10.3. The van der Waals surface area contributed by atoms with Gasteiger partial charge in [-0.05, 0) is 38.1 Å². The van der Waals surface area contributed by atoms with E-state index < -0.39 is 11.6 Å². The van der Waals surface area contributed by atoms with Crippen molar-refractivity contribution in [3.8, 4) is 0 Å². The van der Waals surface area contributed by atoms with E-state index in [1.165, 1.54) is 6.42 Å². The molecule has 3 N–H and O–H groups in total. The van der Waals surface area contributed by atoms with Crippen LogP contribution in [0.1, 0.15) is 51.9 Å². The minimum atomic E-state index is -0.732. The summed E-state index contributed by atoms with van der Waals surface area (Å²) in [6, 6.07) is 0. The van der Waals surface area contributed by atoms with Gasteiger partial charge < -0.3 is 15.5 Å². The lowest BCUT2D eigenvalue weighted by Gasteiger charge is -2.35. The van der Waals surface area contributed by atoms with Crippen molar-refractivity contribution >= 4 is 5.97 Å². The molecule has 1 rings (SSSR count). The molecule has 0 radical (unpaired) electrons. The maximum absolute atomic E-state index is 10.3. The van der Waals surface area contributed by atoms with Gasteiger partial charge in [-0.2, -0.15) is 0 Å². The zero-order chi connectivity index (χ0) is 12.7. The van der Waals surface area contributed by atoms with Crippen molar-refractivity contribution in [2.24, 2.45) is 5.92 Å². The van der Waals surface area contributed by atoms with Gasteiger partial charge in [-0.25, -0.2) is 0 Å².